The van der Waals surface area contributed by atoms with E-state index in [9.17, 15) is 9.18 Å². The SMILES string of the molecule is CCOC(=O)C(C)CNc1ncnc2cc(F)c(OC)cc12. The molecule has 0 aliphatic carbocycles. The number of hydrogen-bond donors (Lipinski definition) is 1. The number of hydrogen-bond acceptors (Lipinski definition) is 6. The summed E-state index contributed by atoms with van der Waals surface area (Å²) in [6.07, 6.45) is 1.34. The first kappa shape index (κ1) is 15.9. The molecular weight excluding hydrogens is 289 g/mol. The molecule has 6 nitrogen and oxygen atoms in total. The summed E-state index contributed by atoms with van der Waals surface area (Å²) in [6.45, 7) is 4.21. The van der Waals surface area contributed by atoms with Gasteiger partial charge in [-0.05, 0) is 13.0 Å². The predicted octanol–water partition coefficient (Wildman–Crippen LogP) is 2.39. The number of methoxy groups -OCH3 is 1. The zero-order valence-corrected chi connectivity index (χ0v) is 12.7. The molecule has 0 aliphatic heterocycles. The van der Waals surface area contributed by atoms with Gasteiger partial charge in [0.2, 0.25) is 0 Å². The van der Waals surface area contributed by atoms with Crippen LogP contribution in [0, 0.1) is 11.7 Å². The molecule has 2 aromatic rings. The van der Waals surface area contributed by atoms with Crippen LogP contribution in [-0.4, -0.2) is 36.2 Å². The van der Waals surface area contributed by atoms with E-state index in [-0.39, 0.29) is 17.6 Å². The largest absolute Gasteiger partial charge is 0.494 e. The van der Waals surface area contributed by atoms with E-state index in [4.69, 9.17) is 9.47 Å². The highest BCUT2D eigenvalue weighted by molar-refractivity contribution is 5.90. The van der Waals surface area contributed by atoms with Crippen molar-refractivity contribution in [1.82, 2.24) is 9.97 Å². The van der Waals surface area contributed by atoms with Gasteiger partial charge in [-0.15, -0.1) is 0 Å². The summed E-state index contributed by atoms with van der Waals surface area (Å²) in [5, 5.41) is 3.69. The maximum Gasteiger partial charge on any atom is 0.310 e. The lowest BCUT2D eigenvalue weighted by atomic mass is 10.1. The highest BCUT2D eigenvalue weighted by Gasteiger charge is 2.15. The second kappa shape index (κ2) is 7.02. The number of benzene rings is 1. The molecule has 0 spiro atoms. The summed E-state index contributed by atoms with van der Waals surface area (Å²) in [4.78, 5) is 19.8. The fourth-order valence-electron chi connectivity index (χ4n) is 1.97. The first-order valence-corrected chi connectivity index (χ1v) is 6.95. The molecule has 1 aromatic carbocycles. The van der Waals surface area contributed by atoms with Gasteiger partial charge in [0, 0.05) is 18.0 Å². The zero-order valence-electron chi connectivity index (χ0n) is 12.7. The number of aromatic nitrogens is 2. The van der Waals surface area contributed by atoms with Gasteiger partial charge in [0.15, 0.2) is 11.6 Å². The van der Waals surface area contributed by atoms with Crippen LogP contribution in [0.3, 0.4) is 0 Å². The maximum atomic E-state index is 13.7. The van der Waals surface area contributed by atoms with Crippen molar-refractivity contribution in [1.29, 1.82) is 0 Å². The molecule has 0 saturated carbocycles. The number of nitrogens with one attached hydrogen (secondary N) is 1. The molecule has 1 heterocycles. The summed E-state index contributed by atoms with van der Waals surface area (Å²) >= 11 is 0. The van der Waals surface area contributed by atoms with Crippen molar-refractivity contribution in [2.24, 2.45) is 5.92 Å². The minimum Gasteiger partial charge on any atom is -0.494 e. The van der Waals surface area contributed by atoms with Crippen LogP contribution in [0.1, 0.15) is 13.8 Å². The van der Waals surface area contributed by atoms with Crippen LogP contribution in [0.2, 0.25) is 0 Å². The van der Waals surface area contributed by atoms with E-state index in [2.05, 4.69) is 15.3 Å². The Balaban J connectivity index is 2.22. The van der Waals surface area contributed by atoms with Crippen molar-refractivity contribution in [3.05, 3.63) is 24.3 Å². The Bertz CT molecular complexity index is 678. The van der Waals surface area contributed by atoms with Crippen molar-refractivity contribution in [2.75, 3.05) is 25.6 Å². The van der Waals surface area contributed by atoms with Crippen LogP contribution in [0.15, 0.2) is 18.5 Å². The summed E-state index contributed by atoms with van der Waals surface area (Å²) < 4.78 is 23.6. The van der Waals surface area contributed by atoms with Gasteiger partial charge in [-0.3, -0.25) is 4.79 Å². The van der Waals surface area contributed by atoms with E-state index in [1.165, 1.54) is 25.6 Å². The molecule has 0 amide bonds. The van der Waals surface area contributed by atoms with Crippen molar-refractivity contribution < 1.29 is 18.7 Å². The van der Waals surface area contributed by atoms with Crippen LogP contribution < -0.4 is 10.1 Å². The Kier molecular flexibility index (Phi) is 5.08. The first-order chi connectivity index (χ1) is 10.6. The fourth-order valence-corrected chi connectivity index (χ4v) is 1.97. The number of carbonyl (C=O) groups is 1. The number of fused-ring (bicyclic) bond motifs is 1. The normalized spacial score (nSPS) is 12.0. The molecule has 0 aliphatic rings. The Morgan fingerprint density at radius 1 is 1.41 bits per heavy atom. The lowest BCUT2D eigenvalue weighted by Crippen LogP contribution is -2.23. The number of ether oxygens (including phenoxy) is 2. The molecule has 1 atom stereocenters. The number of nitrogens with zero attached hydrogens (tertiary/aromatic N) is 2. The molecule has 118 valence electrons. The Morgan fingerprint density at radius 2 is 2.18 bits per heavy atom. The van der Waals surface area contributed by atoms with E-state index in [0.29, 0.717) is 29.9 Å². The highest BCUT2D eigenvalue weighted by Crippen LogP contribution is 2.27. The average Bonchev–Trinajstić information content (AvgIpc) is 2.51. The van der Waals surface area contributed by atoms with Crippen LogP contribution >= 0.6 is 0 Å². The van der Waals surface area contributed by atoms with Gasteiger partial charge in [-0.2, -0.15) is 0 Å². The van der Waals surface area contributed by atoms with E-state index in [1.807, 2.05) is 0 Å². The van der Waals surface area contributed by atoms with Crippen LogP contribution in [-0.2, 0) is 9.53 Å². The summed E-state index contributed by atoms with van der Waals surface area (Å²) in [6, 6.07) is 2.82. The minimum absolute atomic E-state index is 0.115. The number of esters is 1. The van der Waals surface area contributed by atoms with Crippen molar-refractivity contribution >= 4 is 22.7 Å². The summed E-state index contributed by atoms with van der Waals surface area (Å²) in [5.41, 5.74) is 0.458. The van der Waals surface area contributed by atoms with Crippen molar-refractivity contribution in [2.45, 2.75) is 13.8 Å². The quantitative estimate of drug-likeness (QED) is 0.826. The molecule has 0 saturated heterocycles. The van der Waals surface area contributed by atoms with Gasteiger partial charge in [0.05, 0.1) is 25.2 Å². The smallest absolute Gasteiger partial charge is 0.310 e. The molecule has 1 unspecified atom stereocenters. The van der Waals surface area contributed by atoms with Crippen LogP contribution in [0.4, 0.5) is 10.2 Å². The highest BCUT2D eigenvalue weighted by atomic mass is 19.1. The van der Waals surface area contributed by atoms with Gasteiger partial charge in [0.25, 0.3) is 0 Å². The van der Waals surface area contributed by atoms with E-state index < -0.39 is 5.82 Å². The van der Waals surface area contributed by atoms with E-state index >= 15 is 0 Å². The first-order valence-electron chi connectivity index (χ1n) is 6.95. The molecule has 7 heteroatoms. The summed E-state index contributed by atoms with van der Waals surface area (Å²) in [5.74, 6) is -0.466. The lowest BCUT2D eigenvalue weighted by molar-refractivity contribution is -0.146. The van der Waals surface area contributed by atoms with Crippen LogP contribution in [0.25, 0.3) is 10.9 Å². The van der Waals surface area contributed by atoms with Gasteiger partial charge in [0.1, 0.15) is 12.1 Å². The second-order valence-electron chi connectivity index (χ2n) is 4.76. The molecule has 0 bridgehead atoms. The molecule has 2 rings (SSSR count). The number of halogens is 1. The topological polar surface area (TPSA) is 73.3 Å². The minimum atomic E-state index is -0.487. The van der Waals surface area contributed by atoms with Gasteiger partial charge in [-0.1, -0.05) is 6.92 Å². The molecule has 22 heavy (non-hydrogen) atoms. The molecule has 1 N–H and O–H groups in total. The van der Waals surface area contributed by atoms with Gasteiger partial charge >= 0.3 is 5.97 Å². The molecule has 0 fully saturated rings. The zero-order chi connectivity index (χ0) is 16.1. The predicted molar refractivity (Wildman–Crippen MR) is 80.3 cm³/mol. The average molecular weight is 307 g/mol. The Morgan fingerprint density at radius 3 is 2.86 bits per heavy atom. The number of anilines is 1. The van der Waals surface area contributed by atoms with E-state index in [0.717, 1.165) is 0 Å². The molecule has 0 radical (unpaired) electrons. The van der Waals surface area contributed by atoms with Crippen molar-refractivity contribution in [3.8, 4) is 5.75 Å². The van der Waals surface area contributed by atoms with E-state index in [1.54, 1.807) is 13.8 Å². The second-order valence-corrected chi connectivity index (χ2v) is 4.76. The third-order valence-corrected chi connectivity index (χ3v) is 3.17. The Labute approximate surface area is 127 Å². The third kappa shape index (κ3) is 3.41. The number of rotatable bonds is 6. The Hall–Kier alpha value is -2.44. The standard InChI is InChI=1S/C15H18FN3O3/c1-4-22-15(20)9(2)7-17-14-10-5-13(21-3)11(16)6-12(10)18-8-19-14/h5-6,8-9H,4,7H2,1-3H3,(H,17,18,19). The van der Waals surface area contributed by atoms with Crippen molar-refractivity contribution in [3.63, 3.8) is 0 Å². The van der Waals surface area contributed by atoms with Crippen LogP contribution in [0.5, 0.6) is 5.75 Å². The molecule has 1 aromatic heterocycles. The van der Waals surface area contributed by atoms with Gasteiger partial charge in [-0.25, -0.2) is 14.4 Å². The monoisotopic (exact) mass is 307 g/mol. The third-order valence-electron chi connectivity index (χ3n) is 3.17. The molecular formula is C15H18FN3O3. The summed E-state index contributed by atoms with van der Waals surface area (Å²) in [7, 11) is 1.39. The maximum absolute atomic E-state index is 13.7. The van der Waals surface area contributed by atoms with Gasteiger partial charge < -0.3 is 14.8 Å². The fraction of sp³-hybridized carbons (Fsp3) is 0.400. The lowest BCUT2D eigenvalue weighted by Gasteiger charge is -2.13. The number of carbonyl (C=O) groups excluding carboxylic acids is 1.